The lowest BCUT2D eigenvalue weighted by Crippen LogP contribution is -2.62. The number of allylic oxidation sites excluding steroid dienone is 5. The number of phenolic OH excluding ortho intramolecular Hbond substituents is 1. The maximum atomic E-state index is 14.4. The molecule has 1 fully saturated rings. The number of aliphatic hydroxyl groups excluding tert-OH is 2. The Bertz CT molecular complexity index is 1620. The van der Waals surface area contributed by atoms with E-state index in [0.29, 0.717) is 12.8 Å². The maximum Gasteiger partial charge on any atom is 0.325 e. The Labute approximate surface area is 322 Å². The first kappa shape index (κ1) is 44.7. The molecule has 1 saturated heterocycles. The first-order valence-electron chi connectivity index (χ1n) is 18.9. The number of phenols is 1. The molecule has 3 amide bonds. The van der Waals surface area contributed by atoms with Crippen LogP contribution in [0, 0.1) is 23.6 Å². The van der Waals surface area contributed by atoms with Crippen molar-refractivity contribution in [2.24, 2.45) is 17.8 Å². The van der Waals surface area contributed by atoms with E-state index in [1.54, 1.807) is 39.0 Å². The summed E-state index contributed by atoms with van der Waals surface area (Å²) < 4.78 is 20.3. The Morgan fingerprint density at radius 2 is 1.80 bits per heavy atom. The van der Waals surface area contributed by atoms with Gasteiger partial charge in [0.25, 0.3) is 5.91 Å². The number of ketones is 1. The lowest BCUT2D eigenvalue weighted by molar-refractivity contribution is -0.156. The number of aliphatic hydroxyl groups is 2. The van der Waals surface area contributed by atoms with Gasteiger partial charge in [-0.3, -0.25) is 24.2 Å². The van der Waals surface area contributed by atoms with Gasteiger partial charge in [-0.1, -0.05) is 63.3 Å². The number of hydrogen-bond donors (Lipinski definition) is 6. The SMILES string of the molecule is CC=CC=C(C)C1CC=CC=CC(O)C(C)C(O)C(CCC(C)=O)C(=O)NC(C(C)C)C(=O)NC(Cc2cc(O)cc(F)c2)C(=O)N2CCCC(N2)C(=O)O1. The van der Waals surface area contributed by atoms with Crippen LogP contribution in [-0.4, -0.2) is 92.8 Å². The number of hydrazine groups is 1. The van der Waals surface area contributed by atoms with Gasteiger partial charge in [0.05, 0.1) is 18.1 Å². The molecule has 0 aromatic heterocycles. The summed E-state index contributed by atoms with van der Waals surface area (Å²) in [5, 5.41) is 39.1. The van der Waals surface area contributed by atoms with E-state index >= 15 is 0 Å². The molecule has 2 aliphatic heterocycles. The second-order valence-corrected chi connectivity index (χ2v) is 14.7. The van der Waals surface area contributed by atoms with Gasteiger partial charge < -0.3 is 35.5 Å². The minimum Gasteiger partial charge on any atom is -0.508 e. The van der Waals surface area contributed by atoms with Crippen LogP contribution in [-0.2, 0) is 35.1 Å². The topological polar surface area (TPSA) is 195 Å². The number of benzene rings is 1. The van der Waals surface area contributed by atoms with Gasteiger partial charge in [-0.15, -0.1) is 0 Å². The van der Waals surface area contributed by atoms with Crippen LogP contribution in [0.15, 0.2) is 66.3 Å². The summed E-state index contributed by atoms with van der Waals surface area (Å²) in [6.07, 6.45) is 9.35. The molecule has 8 atom stereocenters. The molecule has 8 unspecified atom stereocenters. The summed E-state index contributed by atoms with van der Waals surface area (Å²) in [7, 11) is 0. The molecule has 1 aromatic carbocycles. The Morgan fingerprint density at radius 1 is 1.07 bits per heavy atom. The Morgan fingerprint density at radius 3 is 2.45 bits per heavy atom. The second-order valence-electron chi connectivity index (χ2n) is 14.7. The Kier molecular flexibility index (Phi) is 17.4. The number of rotatable bonds is 8. The van der Waals surface area contributed by atoms with Crippen molar-refractivity contribution in [2.45, 2.75) is 117 Å². The van der Waals surface area contributed by atoms with Crippen LogP contribution in [0.1, 0.15) is 79.2 Å². The minimum atomic E-state index is -1.42. The predicted octanol–water partition coefficient (Wildman–Crippen LogP) is 3.49. The number of carbonyl (C=O) groups is 5. The summed E-state index contributed by atoms with van der Waals surface area (Å²) in [5.74, 6) is -6.68. The van der Waals surface area contributed by atoms with Crippen molar-refractivity contribution in [1.29, 1.82) is 0 Å². The molecular formula is C41H57FN4O9. The largest absolute Gasteiger partial charge is 0.508 e. The van der Waals surface area contributed by atoms with E-state index in [0.717, 1.165) is 17.7 Å². The third kappa shape index (κ3) is 13.5. The number of fused-ring (bicyclic) bond motifs is 2. The summed E-state index contributed by atoms with van der Waals surface area (Å²) in [6.45, 7) is 10.1. The van der Waals surface area contributed by atoms with Gasteiger partial charge in [-0.05, 0) is 69.2 Å². The molecule has 302 valence electrons. The van der Waals surface area contributed by atoms with Crippen molar-refractivity contribution in [3.05, 3.63) is 77.7 Å². The monoisotopic (exact) mass is 768 g/mol. The highest BCUT2D eigenvalue weighted by Crippen LogP contribution is 2.24. The van der Waals surface area contributed by atoms with Crippen molar-refractivity contribution in [3.8, 4) is 5.75 Å². The van der Waals surface area contributed by atoms with Gasteiger partial charge in [-0.25, -0.2) is 9.82 Å². The van der Waals surface area contributed by atoms with E-state index in [9.17, 15) is 43.7 Å². The summed E-state index contributed by atoms with van der Waals surface area (Å²) >= 11 is 0. The third-order valence-corrected chi connectivity index (χ3v) is 9.84. The number of carbonyl (C=O) groups excluding carboxylic acids is 5. The number of hydrogen-bond acceptors (Lipinski definition) is 10. The smallest absolute Gasteiger partial charge is 0.325 e. The first-order valence-corrected chi connectivity index (χ1v) is 18.9. The zero-order valence-corrected chi connectivity index (χ0v) is 32.5. The molecule has 1 aromatic rings. The number of aromatic hydroxyl groups is 1. The summed E-state index contributed by atoms with van der Waals surface area (Å²) in [4.78, 5) is 67.6. The van der Waals surface area contributed by atoms with Crippen LogP contribution < -0.4 is 16.1 Å². The van der Waals surface area contributed by atoms with Crippen LogP contribution in [0.25, 0.3) is 0 Å². The first-order chi connectivity index (χ1) is 26.0. The van der Waals surface area contributed by atoms with Gasteiger partial charge in [0.1, 0.15) is 41.6 Å². The fourth-order valence-corrected chi connectivity index (χ4v) is 6.47. The number of cyclic esters (lactones) is 1. The van der Waals surface area contributed by atoms with E-state index in [-0.39, 0.29) is 49.3 Å². The van der Waals surface area contributed by atoms with Gasteiger partial charge >= 0.3 is 5.97 Å². The molecule has 6 N–H and O–H groups in total. The molecule has 2 bridgehead atoms. The van der Waals surface area contributed by atoms with Gasteiger partial charge in [0.2, 0.25) is 11.8 Å². The molecule has 2 aliphatic rings. The fourth-order valence-electron chi connectivity index (χ4n) is 6.47. The van der Waals surface area contributed by atoms with Crippen LogP contribution in [0.3, 0.4) is 0 Å². The van der Waals surface area contributed by atoms with Crippen molar-refractivity contribution >= 4 is 29.5 Å². The van der Waals surface area contributed by atoms with E-state index < -0.39 is 83.7 Å². The lowest BCUT2D eigenvalue weighted by atomic mass is 9.84. The zero-order valence-electron chi connectivity index (χ0n) is 32.5. The van der Waals surface area contributed by atoms with Gasteiger partial charge in [-0.2, -0.15) is 0 Å². The molecular weight excluding hydrogens is 711 g/mol. The van der Waals surface area contributed by atoms with E-state index in [2.05, 4.69) is 16.1 Å². The van der Waals surface area contributed by atoms with E-state index in [4.69, 9.17) is 4.74 Å². The lowest BCUT2D eigenvalue weighted by Gasteiger charge is -2.36. The zero-order chi connectivity index (χ0) is 40.8. The van der Waals surface area contributed by atoms with Crippen LogP contribution in [0.4, 0.5) is 4.39 Å². The molecule has 0 saturated carbocycles. The average molecular weight is 769 g/mol. The van der Waals surface area contributed by atoms with Crippen LogP contribution >= 0.6 is 0 Å². The molecule has 0 radical (unpaired) electrons. The molecule has 0 aliphatic carbocycles. The van der Waals surface area contributed by atoms with Crippen LogP contribution in [0.5, 0.6) is 5.75 Å². The number of nitrogens with one attached hydrogen (secondary N) is 3. The molecule has 13 nitrogen and oxygen atoms in total. The summed E-state index contributed by atoms with van der Waals surface area (Å²) in [5.41, 5.74) is 3.90. The van der Waals surface area contributed by atoms with Gasteiger partial charge in [0.15, 0.2) is 0 Å². The maximum absolute atomic E-state index is 14.4. The predicted molar refractivity (Wildman–Crippen MR) is 204 cm³/mol. The fraction of sp³-hybridized carbons (Fsp3) is 0.537. The Hall–Kier alpha value is -4.66. The normalized spacial score (nSPS) is 28.3. The highest BCUT2D eigenvalue weighted by molar-refractivity contribution is 5.93. The molecule has 55 heavy (non-hydrogen) atoms. The van der Waals surface area contributed by atoms with Gasteiger partial charge in [0, 0.05) is 37.8 Å². The van der Waals surface area contributed by atoms with Crippen LogP contribution in [0.2, 0.25) is 0 Å². The van der Waals surface area contributed by atoms with Crippen molar-refractivity contribution in [3.63, 3.8) is 0 Å². The number of esters is 1. The number of Topliss-reactive ketones (excluding diaryl/α,β-unsaturated/α-hetero) is 1. The van der Waals surface area contributed by atoms with E-state index in [1.165, 1.54) is 24.1 Å². The average Bonchev–Trinajstić information content (AvgIpc) is 3.13. The molecule has 2 heterocycles. The molecule has 0 spiro atoms. The summed E-state index contributed by atoms with van der Waals surface area (Å²) in [6, 6.07) is -0.205. The van der Waals surface area contributed by atoms with Crippen molar-refractivity contribution in [1.82, 2.24) is 21.1 Å². The Balaban J connectivity index is 2.09. The number of nitrogens with zero attached hydrogens (tertiary/aromatic N) is 1. The number of ether oxygens (including phenoxy) is 1. The van der Waals surface area contributed by atoms with Crippen molar-refractivity contribution < 1.29 is 48.4 Å². The second kappa shape index (κ2) is 21.4. The minimum absolute atomic E-state index is 0.0381. The van der Waals surface area contributed by atoms with E-state index in [1.807, 2.05) is 32.1 Å². The highest BCUT2D eigenvalue weighted by atomic mass is 19.1. The molecule has 3 rings (SSSR count). The standard InChI is InChI=1S/C41H57FN4O9/c1-7-8-13-25(4)35-16-11-9-10-15-34(49)27(6)37(50)31(18-17-26(5)47)38(51)44-36(24(2)3)39(52)43-33(22-28-20-29(42)23-30(48)21-28)40(53)46-19-12-14-32(45-46)41(54)55-35/h7-11,13,15,20-21,23-24,27,31-37,45,48-50H,12,14,16-19,22H2,1-6H3,(H,43,52)(H,44,51). The van der Waals surface area contributed by atoms with Crippen molar-refractivity contribution in [2.75, 3.05) is 6.54 Å². The number of amides is 3. The highest BCUT2D eigenvalue weighted by Gasteiger charge is 2.38. The quantitative estimate of drug-likeness (QED) is 0.169. The third-order valence-electron chi connectivity index (χ3n) is 9.84. The molecule has 14 heteroatoms. The number of halogens is 1.